The minimum Gasteiger partial charge on any atom is -0.326 e. The quantitative estimate of drug-likeness (QED) is 0.922. The molecule has 0 amide bonds. The van der Waals surface area contributed by atoms with Crippen LogP contribution < -0.4 is 5.73 Å². The van der Waals surface area contributed by atoms with E-state index < -0.39 is 12.1 Å². The van der Waals surface area contributed by atoms with Gasteiger partial charge in [0.2, 0.25) is 0 Å². The molecule has 1 aliphatic rings. The third-order valence-corrected chi connectivity index (χ3v) is 5.01. The average Bonchev–Trinajstić information content (AvgIpc) is 2.75. The number of alkyl halides is 3. The lowest BCUT2D eigenvalue weighted by Crippen LogP contribution is -2.45. The molecule has 1 aliphatic heterocycles. The zero-order valence-corrected chi connectivity index (χ0v) is 12.6. The maximum Gasteiger partial charge on any atom is 0.391 e. The maximum atomic E-state index is 12.7. The lowest BCUT2D eigenvalue weighted by Gasteiger charge is -2.39. The summed E-state index contributed by atoms with van der Waals surface area (Å²) in [6.45, 7) is 4.89. The smallest absolute Gasteiger partial charge is 0.326 e. The normalized spacial score (nSPS) is 21.9. The number of aryl methyl sites for hydroxylation is 1. The van der Waals surface area contributed by atoms with Gasteiger partial charge >= 0.3 is 6.18 Å². The molecule has 20 heavy (non-hydrogen) atoms. The Hall–Kier alpha value is -0.590. The summed E-state index contributed by atoms with van der Waals surface area (Å²) in [7, 11) is 0. The summed E-state index contributed by atoms with van der Waals surface area (Å²) in [5.74, 6) is -1.16. The van der Waals surface area contributed by atoms with Crippen molar-refractivity contribution in [1.82, 2.24) is 4.90 Å². The minimum atomic E-state index is -4.06. The number of halogens is 3. The molecule has 2 unspecified atom stereocenters. The molecular formula is C14H21F3N2S. The van der Waals surface area contributed by atoms with Gasteiger partial charge in [0.25, 0.3) is 0 Å². The molecule has 0 bridgehead atoms. The van der Waals surface area contributed by atoms with Crippen molar-refractivity contribution in [3.63, 3.8) is 0 Å². The lowest BCUT2D eigenvalue weighted by molar-refractivity contribution is -0.186. The van der Waals surface area contributed by atoms with Gasteiger partial charge in [-0.05, 0) is 51.9 Å². The molecule has 1 saturated heterocycles. The monoisotopic (exact) mass is 306 g/mol. The zero-order chi connectivity index (χ0) is 14.9. The second-order valence-corrected chi connectivity index (χ2v) is 6.92. The largest absolute Gasteiger partial charge is 0.391 e. The SMILES string of the molecule is Cc1ccc(C(C(C)N)N2CCC(C(F)(F)F)CC2)s1. The van der Waals surface area contributed by atoms with E-state index in [4.69, 9.17) is 5.73 Å². The number of nitrogens with zero attached hydrogens (tertiary/aromatic N) is 1. The number of rotatable bonds is 3. The van der Waals surface area contributed by atoms with Crippen molar-refractivity contribution in [2.75, 3.05) is 13.1 Å². The Labute approximate surface area is 121 Å². The van der Waals surface area contributed by atoms with E-state index in [0.717, 1.165) is 4.88 Å². The van der Waals surface area contributed by atoms with Gasteiger partial charge in [0, 0.05) is 15.8 Å². The van der Waals surface area contributed by atoms with Crippen LogP contribution >= 0.6 is 11.3 Å². The van der Waals surface area contributed by atoms with E-state index in [0.29, 0.717) is 13.1 Å². The minimum absolute atomic E-state index is 0.0304. The summed E-state index contributed by atoms with van der Waals surface area (Å²) in [6, 6.07) is 4.03. The highest BCUT2D eigenvalue weighted by atomic mass is 32.1. The van der Waals surface area contributed by atoms with Crippen molar-refractivity contribution in [3.8, 4) is 0 Å². The third kappa shape index (κ3) is 3.54. The Kier molecular flexibility index (Phi) is 4.76. The number of likely N-dealkylation sites (tertiary alicyclic amines) is 1. The summed E-state index contributed by atoms with van der Waals surface area (Å²) < 4.78 is 38.1. The molecular weight excluding hydrogens is 285 g/mol. The number of nitrogens with two attached hydrogens (primary N) is 1. The molecule has 0 saturated carbocycles. The summed E-state index contributed by atoms with van der Waals surface area (Å²) in [5, 5.41) is 0. The molecule has 2 nitrogen and oxygen atoms in total. The van der Waals surface area contributed by atoms with Gasteiger partial charge in [-0.15, -0.1) is 11.3 Å². The first-order valence-electron chi connectivity index (χ1n) is 6.91. The number of hydrogen-bond donors (Lipinski definition) is 1. The fourth-order valence-electron chi connectivity index (χ4n) is 2.89. The Balaban J connectivity index is 2.06. The van der Waals surface area contributed by atoms with Crippen LogP contribution in [-0.4, -0.2) is 30.2 Å². The molecule has 6 heteroatoms. The highest BCUT2D eigenvalue weighted by molar-refractivity contribution is 7.12. The first kappa shape index (κ1) is 15.8. The van der Waals surface area contributed by atoms with Crippen molar-refractivity contribution in [2.45, 2.75) is 44.9 Å². The maximum absolute atomic E-state index is 12.7. The van der Waals surface area contributed by atoms with Gasteiger partial charge in [-0.25, -0.2) is 0 Å². The van der Waals surface area contributed by atoms with Crippen LogP contribution in [0.1, 0.15) is 35.6 Å². The van der Waals surface area contributed by atoms with E-state index in [1.54, 1.807) is 11.3 Å². The summed E-state index contributed by atoms with van der Waals surface area (Å²) >= 11 is 1.68. The van der Waals surface area contributed by atoms with Crippen molar-refractivity contribution < 1.29 is 13.2 Å². The Morgan fingerprint density at radius 2 is 1.90 bits per heavy atom. The van der Waals surface area contributed by atoms with E-state index in [9.17, 15) is 13.2 Å². The zero-order valence-electron chi connectivity index (χ0n) is 11.8. The molecule has 1 fully saturated rings. The molecule has 0 aliphatic carbocycles. The van der Waals surface area contributed by atoms with E-state index in [-0.39, 0.29) is 24.9 Å². The predicted octanol–water partition coefficient (Wildman–Crippen LogP) is 3.72. The van der Waals surface area contributed by atoms with Gasteiger partial charge in [0.1, 0.15) is 0 Å². The van der Waals surface area contributed by atoms with Crippen LogP contribution in [0.2, 0.25) is 0 Å². The molecule has 2 atom stereocenters. The lowest BCUT2D eigenvalue weighted by atomic mass is 9.94. The van der Waals surface area contributed by atoms with Crippen molar-refractivity contribution in [2.24, 2.45) is 11.7 Å². The Morgan fingerprint density at radius 3 is 2.30 bits per heavy atom. The molecule has 1 aromatic rings. The highest BCUT2D eigenvalue weighted by Crippen LogP contribution is 2.38. The second-order valence-electron chi connectivity index (χ2n) is 5.60. The number of thiophene rings is 1. The van der Waals surface area contributed by atoms with Crippen molar-refractivity contribution in [3.05, 3.63) is 21.9 Å². The molecule has 0 radical (unpaired) electrons. The van der Waals surface area contributed by atoms with Crippen LogP contribution in [0.3, 0.4) is 0 Å². The van der Waals surface area contributed by atoms with Crippen LogP contribution in [0.4, 0.5) is 13.2 Å². The molecule has 0 spiro atoms. The Bertz CT molecular complexity index is 434. The van der Waals surface area contributed by atoms with Crippen LogP contribution in [-0.2, 0) is 0 Å². The third-order valence-electron chi connectivity index (χ3n) is 3.94. The van der Waals surface area contributed by atoms with Gasteiger partial charge in [0.05, 0.1) is 12.0 Å². The predicted molar refractivity (Wildman–Crippen MR) is 75.8 cm³/mol. The first-order chi connectivity index (χ1) is 9.29. The van der Waals surface area contributed by atoms with E-state index in [2.05, 4.69) is 4.90 Å². The summed E-state index contributed by atoms with van der Waals surface area (Å²) in [6.07, 6.45) is -3.70. The van der Waals surface area contributed by atoms with Gasteiger partial charge in [-0.3, -0.25) is 4.90 Å². The average molecular weight is 306 g/mol. The van der Waals surface area contributed by atoms with Gasteiger partial charge in [-0.1, -0.05) is 0 Å². The molecule has 2 rings (SSSR count). The second kappa shape index (κ2) is 6.03. The van der Waals surface area contributed by atoms with Gasteiger partial charge in [-0.2, -0.15) is 13.2 Å². The van der Waals surface area contributed by atoms with Crippen LogP contribution in [0.15, 0.2) is 12.1 Å². The first-order valence-corrected chi connectivity index (χ1v) is 7.73. The summed E-state index contributed by atoms with van der Waals surface area (Å²) in [5.41, 5.74) is 6.07. The number of hydrogen-bond acceptors (Lipinski definition) is 3. The molecule has 2 N–H and O–H groups in total. The fraction of sp³-hybridized carbons (Fsp3) is 0.714. The molecule has 0 aromatic carbocycles. The van der Waals surface area contributed by atoms with Crippen molar-refractivity contribution in [1.29, 1.82) is 0 Å². The van der Waals surface area contributed by atoms with Gasteiger partial charge < -0.3 is 5.73 Å². The molecule has 114 valence electrons. The molecule has 1 aromatic heterocycles. The van der Waals surface area contributed by atoms with Crippen LogP contribution in [0, 0.1) is 12.8 Å². The summed E-state index contributed by atoms with van der Waals surface area (Å²) in [4.78, 5) is 4.47. The molecule has 2 heterocycles. The van der Waals surface area contributed by atoms with Crippen LogP contribution in [0.5, 0.6) is 0 Å². The number of piperidine rings is 1. The Morgan fingerprint density at radius 1 is 1.30 bits per heavy atom. The topological polar surface area (TPSA) is 29.3 Å². The van der Waals surface area contributed by atoms with E-state index in [1.165, 1.54) is 4.88 Å². The van der Waals surface area contributed by atoms with Gasteiger partial charge in [0.15, 0.2) is 0 Å². The fourth-order valence-corrected chi connectivity index (χ4v) is 4.02. The van der Waals surface area contributed by atoms with E-state index >= 15 is 0 Å². The van der Waals surface area contributed by atoms with Crippen molar-refractivity contribution >= 4 is 11.3 Å². The standard InChI is InChI=1S/C14H21F3N2S/c1-9-3-4-12(20-9)13(10(2)18)19-7-5-11(6-8-19)14(15,16)17/h3-4,10-11,13H,5-8,18H2,1-2H3. The van der Waals surface area contributed by atoms with E-state index in [1.807, 2.05) is 26.0 Å². The highest BCUT2D eigenvalue weighted by Gasteiger charge is 2.42. The van der Waals surface area contributed by atoms with Crippen LogP contribution in [0.25, 0.3) is 0 Å².